The zero-order chi connectivity index (χ0) is 22.8. The number of rotatable bonds is 11. The maximum absolute atomic E-state index is 13.2. The molecule has 4 heteroatoms. The molecule has 0 saturated carbocycles. The highest BCUT2D eigenvalue weighted by molar-refractivity contribution is 5.94. The van der Waals surface area contributed by atoms with Crippen molar-refractivity contribution in [1.29, 1.82) is 0 Å². The van der Waals surface area contributed by atoms with Crippen molar-refractivity contribution >= 4 is 5.91 Å². The molecule has 1 atom stereocenters. The van der Waals surface area contributed by atoms with Crippen molar-refractivity contribution in [1.82, 2.24) is 4.90 Å². The van der Waals surface area contributed by atoms with Crippen LogP contribution in [0.15, 0.2) is 91.5 Å². The Morgan fingerprint density at radius 2 is 1.69 bits per heavy atom. The van der Waals surface area contributed by atoms with E-state index in [1.54, 1.807) is 0 Å². The summed E-state index contributed by atoms with van der Waals surface area (Å²) < 4.78 is 5.84. The number of carbonyl (C=O) groups is 1. The third-order valence-corrected chi connectivity index (χ3v) is 5.50. The minimum Gasteiger partial charge on any atom is -0.489 e. The van der Waals surface area contributed by atoms with Gasteiger partial charge in [-0.2, -0.15) is 0 Å². The van der Waals surface area contributed by atoms with Gasteiger partial charge < -0.3 is 15.4 Å². The van der Waals surface area contributed by atoms with Crippen LogP contribution in [0.3, 0.4) is 0 Å². The van der Waals surface area contributed by atoms with Gasteiger partial charge in [0.05, 0.1) is 0 Å². The molecule has 166 valence electrons. The van der Waals surface area contributed by atoms with Crippen molar-refractivity contribution in [3.05, 3.63) is 114 Å². The van der Waals surface area contributed by atoms with Gasteiger partial charge in [-0.1, -0.05) is 67.6 Å². The maximum Gasteiger partial charge on any atom is 0.254 e. The van der Waals surface area contributed by atoms with Crippen molar-refractivity contribution in [3.8, 4) is 5.75 Å². The first-order valence-corrected chi connectivity index (χ1v) is 11.1. The molecule has 0 fully saturated rings. The van der Waals surface area contributed by atoms with E-state index in [-0.39, 0.29) is 5.91 Å². The minimum absolute atomic E-state index is 0.00315. The van der Waals surface area contributed by atoms with Gasteiger partial charge in [0.15, 0.2) is 0 Å². The Morgan fingerprint density at radius 1 is 1.00 bits per heavy atom. The average molecular weight is 429 g/mol. The molecule has 0 aromatic heterocycles. The van der Waals surface area contributed by atoms with E-state index in [9.17, 15) is 4.79 Å². The number of ether oxygens (including phenoxy) is 1. The van der Waals surface area contributed by atoms with Crippen molar-refractivity contribution in [3.63, 3.8) is 0 Å². The van der Waals surface area contributed by atoms with Crippen LogP contribution in [0.5, 0.6) is 5.75 Å². The van der Waals surface area contributed by atoms with Crippen LogP contribution < -0.4 is 10.5 Å². The van der Waals surface area contributed by atoms with Gasteiger partial charge in [0.25, 0.3) is 5.91 Å². The molecule has 1 unspecified atom stereocenters. The summed E-state index contributed by atoms with van der Waals surface area (Å²) in [6, 6.07) is 25.7. The van der Waals surface area contributed by atoms with Crippen LogP contribution in [0.4, 0.5) is 0 Å². The zero-order valence-corrected chi connectivity index (χ0v) is 18.7. The molecular formula is C28H32N2O2. The van der Waals surface area contributed by atoms with Crippen molar-refractivity contribution < 1.29 is 9.53 Å². The van der Waals surface area contributed by atoms with Gasteiger partial charge in [-0.3, -0.25) is 4.79 Å². The van der Waals surface area contributed by atoms with E-state index in [0.29, 0.717) is 37.7 Å². The molecule has 0 aliphatic carbocycles. The zero-order valence-electron chi connectivity index (χ0n) is 18.7. The van der Waals surface area contributed by atoms with Crippen LogP contribution in [0.25, 0.3) is 0 Å². The molecule has 4 nitrogen and oxygen atoms in total. The molecule has 0 bridgehead atoms. The van der Waals surface area contributed by atoms with Crippen LogP contribution in [0.1, 0.15) is 46.3 Å². The van der Waals surface area contributed by atoms with Crippen LogP contribution >= 0.6 is 0 Å². The average Bonchev–Trinajstić information content (AvgIpc) is 2.85. The highest BCUT2D eigenvalue weighted by Crippen LogP contribution is 2.19. The van der Waals surface area contributed by atoms with E-state index >= 15 is 0 Å². The summed E-state index contributed by atoms with van der Waals surface area (Å²) in [5, 5.41) is 0. The Morgan fingerprint density at radius 3 is 2.31 bits per heavy atom. The third kappa shape index (κ3) is 6.56. The Labute approximate surface area is 191 Å². The summed E-state index contributed by atoms with van der Waals surface area (Å²) in [6.45, 7) is 8.19. The second kappa shape index (κ2) is 11.9. The van der Waals surface area contributed by atoms with Gasteiger partial charge in [-0.15, -0.1) is 6.58 Å². The number of carbonyl (C=O) groups excluding carboxylic acids is 1. The summed E-state index contributed by atoms with van der Waals surface area (Å²) >= 11 is 0. The fraction of sp³-hybridized carbons (Fsp3) is 0.250. The molecular weight excluding hydrogens is 396 g/mol. The molecule has 3 rings (SSSR count). The quantitative estimate of drug-likeness (QED) is 0.408. The SMILES string of the molecule is C=CC(C)c1ccc(CN(CCCN)C(=O)c2ccc(OCc3ccccc3)cc2)cc1. The van der Waals surface area contributed by atoms with E-state index < -0.39 is 0 Å². The highest BCUT2D eigenvalue weighted by Gasteiger charge is 2.16. The first-order valence-electron chi connectivity index (χ1n) is 11.1. The van der Waals surface area contributed by atoms with Gasteiger partial charge in [-0.05, 0) is 59.8 Å². The number of hydrogen-bond acceptors (Lipinski definition) is 3. The Kier molecular flexibility index (Phi) is 8.64. The van der Waals surface area contributed by atoms with E-state index in [0.717, 1.165) is 23.3 Å². The maximum atomic E-state index is 13.2. The van der Waals surface area contributed by atoms with Crippen molar-refractivity contribution in [2.75, 3.05) is 13.1 Å². The van der Waals surface area contributed by atoms with Crippen LogP contribution in [-0.4, -0.2) is 23.9 Å². The summed E-state index contributed by atoms with van der Waals surface area (Å²) in [5.41, 5.74) is 9.78. The van der Waals surface area contributed by atoms with E-state index in [2.05, 4.69) is 37.8 Å². The highest BCUT2D eigenvalue weighted by atomic mass is 16.5. The molecule has 0 heterocycles. The van der Waals surface area contributed by atoms with E-state index in [1.165, 1.54) is 5.56 Å². The normalized spacial score (nSPS) is 11.6. The molecule has 2 N–H and O–H groups in total. The molecule has 3 aromatic carbocycles. The van der Waals surface area contributed by atoms with E-state index in [4.69, 9.17) is 10.5 Å². The lowest BCUT2D eigenvalue weighted by atomic mass is 10.00. The second-order valence-electron chi connectivity index (χ2n) is 7.93. The fourth-order valence-electron chi connectivity index (χ4n) is 3.43. The summed E-state index contributed by atoms with van der Waals surface area (Å²) in [6.07, 6.45) is 2.69. The first kappa shape index (κ1) is 23.3. The summed E-state index contributed by atoms with van der Waals surface area (Å²) in [5.74, 6) is 1.05. The molecule has 32 heavy (non-hydrogen) atoms. The van der Waals surface area contributed by atoms with Crippen molar-refractivity contribution in [2.45, 2.75) is 32.4 Å². The molecule has 0 spiro atoms. The number of hydrogen-bond donors (Lipinski definition) is 1. The number of benzene rings is 3. The lowest BCUT2D eigenvalue weighted by molar-refractivity contribution is 0.0742. The fourth-order valence-corrected chi connectivity index (χ4v) is 3.43. The standard InChI is InChI=1S/C28H32N2O2/c1-3-22(2)25-12-10-23(11-13-25)20-30(19-7-18-29)28(31)26-14-16-27(17-15-26)32-21-24-8-5-4-6-9-24/h3-6,8-17,22H,1,7,18-21,29H2,2H3. The first-order chi connectivity index (χ1) is 15.6. The smallest absolute Gasteiger partial charge is 0.254 e. The Balaban J connectivity index is 1.66. The summed E-state index contributed by atoms with van der Waals surface area (Å²) in [7, 11) is 0. The van der Waals surface area contributed by atoms with Crippen LogP contribution in [0.2, 0.25) is 0 Å². The van der Waals surface area contributed by atoms with Gasteiger partial charge in [0.1, 0.15) is 12.4 Å². The molecule has 0 radical (unpaired) electrons. The predicted octanol–water partition coefficient (Wildman–Crippen LogP) is 5.55. The Bertz CT molecular complexity index is 982. The van der Waals surface area contributed by atoms with Gasteiger partial charge in [0, 0.05) is 18.7 Å². The third-order valence-electron chi connectivity index (χ3n) is 5.50. The molecule has 0 saturated heterocycles. The summed E-state index contributed by atoms with van der Waals surface area (Å²) in [4.78, 5) is 15.1. The number of nitrogens with zero attached hydrogens (tertiary/aromatic N) is 1. The second-order valence-corrected chi connectivity index (χ2v) is 7.93. The lowest BCUT2D eigenvalue weighted by Crippen LogP contribution is -2.32. The number of amides is 1. The molecule has 0 aliphatic rings. The molecule has 0 aliphatic heterocycles. The van der Waals surface area contributed by atoms with Crippen LogP contribution in [-0.2, 0) is 13.2 Å². The monoisotopic (exact) mass is 428 g/mol. The van der Waals surface area contributed by atoms with Gasteiger partial charge >= 0.3 is 0 Å². The minimum atomic E-state index is -0.00315. The van der Waals surface area contributed by atoms with Crippen LogP contribution in [0, 0.1) is 0 Å². The molecule has 3 aromatic rings. The number of allylic oxidation sites excluding steroid dienone is 1. The topological polar surface area (TPSA) is 55.6 Å². The lowest BCUT2D eigenvalue weighted by Gasteiger charge is -2.23. The van der Waals surface area contributed by atoms with Gasteiger partial charge in [0.2, 0.25) is 0 Å². The Hall–Kier alpha value is -3.37. The van der Waals surface area contributed by atoms with Gasteiger partial charge in [-0.25, -0.2) is 0 Å². The van der Waals surface area contributed by atoms with E-state index in [1.807, 2.05) is 65.6 Å². The number of nitrogens with two attached hydrogens (primary N) is 1. The predicted molar refractivity (Wildman–Crippen MR) is 131 cm³/mol. The molecule has 1 amide bonds. The van der Waals surface area contributed by atoms with Crippen molar-refractivity contribution in [2.24, 2.45) is 5.73 Å². The largest absolute Gasteiger partial charge is 0.489 e.